The van der Waals surface area contributed by atoms with Crippen molar-refractivity contribution in [2.24, 2.45) is 11.8 Å². The molecule has 5 nitrogen and oxygen atoms in total. The molecular weight excluding hydrogens is 360 g/mol. The van der Waals surface area contributed by atoms with Gasteiger partial charge in [-0.05, 0) is 76.9 Å². The molecule has 2 aliphatic heterocycles. The Bertz CT molecular complexity index is 660. The number of nitrogens with zero attached hydrogens (tertiary/aromatic N) is 4. The van der Waals surface area contributed by atoms with E-state index in [1.165, 1.54) is 70.3 Å². The summed E-state index contributed by atoms with van der Waals surface area (Å²) in [5, 5.41) is 4.53. The molecule has 0 spiro atoms. The van der Waals surface area contributed by atoms with Crippen molar-refractivity contribution in [1.29, 1.82) is 0 Å². The highest BCUT2D eigenvalue weighted by Gasteiger charge is 2.34. The lowest BCUT2D eigenvalue weighted by atomic mass is 9.79. The van der Waals surface area contributed by atoms with Crippen LogP contribution in [0.25, 0.3) is 0 Å². The van der Waals surface area contributed by atoms with Crippen LogP contribution in [0.3, 0.4) is 0 Å². The molecule has 0 N–H and O–H groups in total. The average molecular weight is 401 g/mol. The van der Waals surface area contributed by atoms with Crippen LogP contribution in [0.1, 0.15) is 76.8 Å². The van der Waals surface area contributed by atoms with Gasteiger partial charge in [-0.15, -0.1) is 0 Å². The number of likely N-dealkylation sites (tertiary alicyclic amines) is 2. The molecule has 0 radical (unpaired) electrons. The lowest BCUT2D eigenvalue weighted by Crippen LogP contribution is -2.50. The maximum Gasteiger partial charge on any atom is 0.138 e. The van der Waals surface area contributed by atoms with Crippen LogP contribution in [0, 0.1) is 18.8 Å². The van der Waals surface area contributed by atoms with Crippen molar-refractivity contribution in [2.75, 3.05) is 26.2 Å². The van der Waals surface area contributed by atoms with Crippen molar-refractivity contribution in [3.63, 3.8) is 0 Å². The van der Waals surface area contributed by atoms with E-state index in [9.17, 15) is 4.79 Å². The number of hydrogen-bond donors (Lipinski definition) is 0. The Kier molecular flexibility index (Phi) is 6.75. The summed E-state index contributed by atoms with van der Waals surface area (Å²) in [5.74, 6) is 1.04. The van der Waals surface area contributed by atoms with Crippen LogP contribution in [-0.4, -0.2) is 63.6 Å². The number of ketones is 1. The van der Waals surface area contributed by atoms with Gasteiger partial charge in [0.15, 0.2) is 0 Å². The number of carbonyl (C=O) groups excluding carboxylic acids is 1. The summed E-state index contributed by atoms with van der Waals surface area (Å²) in [7, 11) is 0. The molecule has 3 fully saturated rings. The van der Waals surface area contributed by atoms with Crippen LogP contribution in [-0.2, 0) is 4.79 Å². The fourth-order valence-electron chi connectivity index (χ4n) is 5.96. The molecule has 0 aromatic carbocycles. The maximum atomic E-state index is 12.3. The summed E-state index contributed by atoms with van der Waals surface area (Å²) in [4.78, 5) is 17.8. The Balaban J connectivity index is 1.19. The van der Waals surface area contributed by atoms with Gasteiger partial charge in [-0.25, -0.2) is 0 Å². The SMILES string of the molecule is Cc1cnn(C2CCN(C3CCN([C@H]4CC[C@@H](C(=O)C(C)C)CC4)CC3)CC2)c1. The molecule has 0 amide bonds. The zero-order valence-electron chi connectivity index (χ0n) is 18.7. The van der Waals surface area contributed by atoms with Crippen LogP contribution in [0.4, 0.5) is 0 Å². The van der Waals surface area contributed by atoms with E-state index >= 15 is 0 Å². The number of aromatic nitrogens is 2. The smallest absolute Gasteiger partial charge is 0.138 e. The van der Waals surface area contributed by atoms with Crippen LogP contribution in [0.5, 0.6) is 0 Å². The first-order valence-corrected chi connectivity index (χ1v) is 12.0. The van der Waals surface area contributed by atoms with Gasteiger partial charge >= 0.3 is 0 Å². The van der Waals surface area contributed by atoms with E-state index in [0.717, 1.165) is 24.9 Å². The largest absolute Gasteiger partial charge is 0.300 e. The van der Waals surface area contributed by atoms with Crippen LogP contribution >= 0.6 is 0 Å². The molecule has 5 heteroatoms. The Morgan fingerprint density at radius 3 is 1.86 bits per heavy atom. The van der Waals surface area contributed by atoms with E-state index < -0.39 is 0 Å². The number of Topliss-reactive ketones (excluding diaryl/α,β-unsaturated/α-hetero) is 1. The third kappa shape index (κ3) is 4.93. The minimum Gasteiger partial charge on any atom is -0.300 e. The first-order valence-electron chi connectivity index (χ1n) is 12.0. The Morgan fingerprint density at radius 1 is 0.862 bits per heavy atom. The first kappa shape index (κ1) is 21.0. The molecule has 1 aromatic heterocycles. The van der Waals surface area contributed by atoms with Gasteiger partial charge in [0.2, 0.25) is 0 Å². The molecule has 4 rings (SSSR count). The minimum absolute atomic E-state index is 0.203. The zero-order valence-corrected chi connectivity index (χ0v) is 18.7. The number of hydrogen-bond acceptors (Lipinski definition) is 4. The molecule has 3 aliphatic rings. The fraction of sp³-hybridized carbons (Fsp3) is 0.833. The summed E-state index contributed by atoms with van der Waals surface area (Å²) < 4.78 is 2.19. The van der Waals surface area contributed by atoms with Crippen LogP contribution < -0.4 is 0 Å². The second kappa shape index (κ2) is 9.30. The van der Waals surface area contributed by atoms with E-state index in [-0.39, 0.29) is 5.92 Å². The summed E-state index contributed by atoms with van der Waals surface area (Å²) in [6, 6.07) is 2.08. The summed E-state index contributed by atoms with van der Waals surface area (Å²) in [6.07, 6.45) is 13.9. The molecule has 2 saturated heterocycles. The molecule has 162 valence electrons. The number of aryl methyl sites for hydroxylation is 1. The molecule has 1 saturated carbocycles. The summed E-state index contributed by atoms with van der Waals surface area (Å²) in [6.45, 7) is 11.2. The van der Waals surface area contributed by atoms with Crippen molar-refractivity contribution in [1.82, 2.24) is 19.6 Å². The van der Waals surface area contributed by atoms with Crippen molar-refractivity contribution in [3.05, 3.63) is 18.0 Å². The van der Waals surface area contributed by atoms with E-state index in [1.54, 1.807) is 0 Å². The fourth-order valence-corrected chi connectivity index (χ4v) is 5.96. The highest BCUT2D eigenvalue weighted by atomic mass is 16.1. The lowest BCUT2D eigenvalue weighted by molar-refractivity contribution is -0.127. The summed E-state index contributed by atoms with van der Waals surface area (Å²) in [5.41, 5.74) is 1.27. The second-order valence-corrected chi connectivity index (χ2v) is 10.1. The monoisotopic (exact) mass is 400 g/mol. The van der Waals surface area contributed by atoms with E-state index in [4.69, 9.17) is 0 Å². The minimum atomic E-state index is 0.203. The zero-order chi connectivity index (χ0) is 20.4. The van der Waals surface area contributed by atoms with Gasteiger partial charge in [0.1, 0.15) is 5.78 Å². The van der Waals surface area contributed by atoms with Crippen LogP contribution in [0.2, 0.25) is 0 Å². The molecule has 29 heavy (non-hydrogen) atoms. The van der Waals surface area contributed by atoms with E-state index in [1.807, 2.05) is 6.20 Å². The van der Waals surface area contributed by atoms with Gasteiger partial charge in [-0.2, -0.15) is 5.10 Å². The van der Waals surface area contributed by atoms with Crippen LogP contribution in [0.15, 0.2) is 12.4 Å². The second-order valence-electron chi connectivity index (χ2n) is 10.1. The number of carbonyl (C=O) groups is 1. The Morgan fingerprint density at radius 2 is 1.38 bits per heavy atom. The highest BCUT2D eigenvalue weighted by Crippen LogP contribution is 2.32. The quantitative estimate of drug-likeness (QED) is 0.747. The molecule has 0 atom stereocenters. The molecule has 3 heterocycles. The number of piperidine rings is 2. The van der Waals surface area contributed by atoms with Crippen molar-refractivity contribution in [3.8, 4) is 0 Å². The third-order valence-corrected chi connectivity index (χ3v) is 7.80. The highest BCUT2D eigenvalue weighted by molar-refractivity contribution is 5.82. The topological polar surface area (TPSA) is 41.4 Å². The standard InChI is InChI=1S/C24H40N4O/c1-18(2)24(29)20-4-6-21(7-5-20)26-12-8-22(9-13-26)27-14-10-23(11-15-27)28-17-19(3)16-25-28/h16-18,20-23H,4-15H2,1-3H3/t20-,21+. The lowest BCUT2D eigenvalue weighted by Gasteiger charge is -2.45. The molecule has 1 aromatic rings. The normalized spacial score (nSPS) is 28.8. The maximum absolute atomic E-state index is 12.3. The first-order chi connectivity index (χ1) is 14.0. The number of rotatable bonds is 5. The Hall–Kier alpha value is -1.20. The predicted molar refractivity (Wildman–Crippen MR) is 117 cm³/mol. The van der Waals surface area contributed by atoms with Gasteiger partial charge in [-0.1, -0.05) is 13.8 Å². The van der Waals surface area contributed by atoms with Gasteiger partial charge in [-0.3, -0.25) is 9.48 Å². The van der Waals surface area contributed by atoms with Crippen molar-refractivity contribution >= 4 is 5.78 Å². The van der Waals surface area contributed by atoms with Crippen molar-refractivity contribution < 1.29 is 4.79 Å². The van der Waals surface area contributed by atoms with E-state index in [2.05, 4.69) is 46.5 Å². The van der Waals surface area contributed by atoms with Crippen molar-refractivity contribution in [2.45, 2.75) is 90.3 Å². The van der Waals surface area contributed by atoms with E-state index in [0.29, 0.717) is 17.7 Å². The molecule has 0 unspecified atom stereocenters. The van der Waals surface area contributed by atoms with Gasteiger partial charge in [0.25, 0.3) is 0 Å². The third-order valence-electron chi connectivity index (χ3n) is 7.80. The molecule has 1 aliphatic carbocycles. The predicted octanol–water partition coefficient (Wildman–Crippen LogP) is 4.08. The molecular formula is C24H40N4O. The van der Waals surface area contributed by atoms with Gasteiger partial charge < -0.3 is 9.80 Å². The Labute approximate surface area is 176 Å². The van der Waals surface area contributed by atoms with Gasteiger partial charge in [0.05, 0.1) is 12.2 Å². The van der Waals surface area contributed by atoms with Gasteiger partial charge in [0, 0.05) is 43.2 Å². The molecule has 0 bridgehead atoms. The average Bonchev–Trinajstić information content (AvgIpc) is 3.20. The summed E-state index contributed by atoms with van der Waals surface area (Å²) >= 11 is 0.